The minimum Gasteiger partial charge on any atom is -0.327 e. The molecule has 0 aliphatic rings. The van der Waals surface area contributed by atoms with Crippen LogP contribution in [0, 0.1) is 11.3 Å². The van der Waals surface area contributed by atoms with Crippen molar-refractivity contribution in [2.75, 3.05) is 12.1 Å². The minimum atomic E-state index is 0.108. The fourth-order valence-corrected chi connectivity index (χ4v) is 2.61. The maximum Gasteiger partial charge on any atom is 0.111 e. The lowest BCUT2D eigenvalue weighted by Gasteiger charge is -2.24. The van der Waals surface area contributed by atoms with Gasteiger partial charge in [0.2, 0.25) is 0 Å². The zero-order chi connectivity index (χ0) is 14.8. The Morgan fingerprint density at radius 3 is 2.80 bits per heavy atom. The lowest BCUT2D eigenvalue weighted by Crippen LogP contribution is -2.23. The van der Waals surface area contributed by atoms with Gasteiger partial charge < -0.3 is 4.57 Å². The summed E-state index contributed by atoms with van der Waals surface area (Å²) in [6, 6.07) is 7.96. The van der Waals surface area contributed by atoms with E-state index in [0.29, 0.717) is 17.9 Å². The SMILES string of the molecule is CSC(C)(C)Cn1c(CCCl)nc2c(C#N)cccc21. The zero-order valence-corrected chi connectivity index (χ0v) is 13.6. The van der Waals surface area contributed by atoms with E-state index in [-0.39, 0.29) is 4.75 Å². The van der Waals surface area contributed by atoms with Crippen LogP contribution in [0.5, 0.6) is 0 Å². The molecule has 0 saturated heterocycles. The number of halogens is 1. The van der Waals surface area contributed by atoms with Crippen LogP contribution in [-0.2, 0) is 13.0 Å². The van der Waals surface area contributed by atoms with Crippen LogP contribution >= 0.6 is 23.4 Å². The number of alkyl halides is 1. The van der Waals surface area contributed by atoms with Gasteiger partial charge in [0.1, 0.15) is 17.4 Å². The summed E-state index contributed by atoms with van der Waals surface area (Å²) in [7, 11) is 0. The second-order valence-corrected chi connectivity index (χ2v) is 7.19. The average Bonchev–Trinajstić information content (AvgIpc) is 2.77. The van der Waals surface area contributed by atoms with E-state index in [4.69, 9.17) is 11.6 Å². The number of nitriles is 1. The molecule has 0 saturated carbocycles. The van der Waals surface area contributed by atoms with Gasteiger partial charge in [0.05, 0.1) is 11.1 Å². The van der Waals surface area contributed by atoms with E-state index in [1.54, 1.807) is 0 Å². The minimum absolute atomic E-state index is 0.108. The van der Waals surface area contributed by atoms with E-state index >= 15 is 0 Å². The van der Waals surface area contributed by atoms with E-state index in [1.165, 1.54) is 0 Å². The number of aryl methyl sites for hydroxylation is 1. The van der Waals surface area contributed by atoms with Crippen LogP contribution in [0.4, 0.5) is 0 Å². The monoisotopic (exact) mass is 307 g/mol. The third-order valence-electron chi connectivity index (χ3n) is 3.39. The van der Waals surface area contributed by atoms with Crippen LogP contribution in [0.15, 0.2) is 18.2 Å². The summed E-state index contributed by atoms with van der Waals surface area (Å²) in [5.74, 6) is 1.49. The molecule has 106 valence electrons. The first-order valence-corrected chi connectivity index (χ1v) is 8.27. The Labute approximate surface area is 128 Å². The van der Waals surface area contributed by atoms with E-state index in [2.05, 4.69) is 35.7 Å². The maximum absolute atomic E-state index is 9.21. The van der Waals surface area contributed by atoms with Gasteiger partial charge in [0, 0.05) is 23.6 Å². The molecular weight excluding hydrogens is 290 g/mol. The largest absolute Gasteiger partial charge is 0.327 e. The van der Waals surface area contributed by atoms with Crippen molar-refractivity contribution in [3.8, 4) is 6.07 Å². The summed E-state index contributed by atoms with van der Waals surface area (Å²) >= 11 is 7.71. The van der Waals surface area contributed by atoms with Crippen molar-refractivity contribution < 1.29 is 0 Å². The highest BCUT2D eigenvalue weighted by Gasteiger charge is 2.21. The molecule has 0 bridgehead atoms. The standard InChI is InChI=1S/C15H18ClN3S/c1-15(2,20-3)10-19-12-6-4-5-11(9-17)14(12)18-13(19)7-8-16/h4-6H,7-8,10H2,1-3H3. The van der Waals surface area contributed by atoms with Gasteiger partial charge in [0.25, 0.3) is 0 Å². The average molecular weight is 308 g/mol. The third-order valence-corrected chi connectivity index (χ3v) is 4.81. The number of thioether (sulfide) groups is 1. The molecule has 5 heteroatoms. The fourth-order valence-electron chi connectivity index (χ4n) is 2.18. The number of para-hydroxylation sites is 1. The van der Waals surface area contributed by atoms with Gasteiger partial charge in [0.15, 0.2) is 0 Å². The van der Waals surface area contributed by atoms with Gasteiger partial charge in [-0.3, -0.25) is 0 Å². The molecule has 1 aromatic heterocycles. The van der Waals surface area contributed by atoms with Crippen LogP contribution in [0.2, 0.25) is 0 Å². The molecule has 0 spiro atoms. The highest BCUT2D eigenvalue weighted by molar-refractivity contribution is 7.99. The molecule has 1 heterocycles. The first-order chi connectivity index (χ1) is 9.52. The molecule has 20 heavy (non-hydrogen) atoms. The number of nitrogens with zero attached hydrogens (tertiary/aromatic N) is 3. The molecule has 3 nitrogen and oxygen atoms in total. The van der Waals surface area contributed by atoms with Gasteiger partial charge in [-0.25, -0.2) is 4.98 Å². The predicted molar refractivity (Wildman–Crippen MR) is 86.5 cm³/mol. The second-order valence-electron chi connectivity index (χ2n) is 5.30. The van der Waals surface area contributed by atoms with Gasteiger partial charge in [-0.1, -0.05) is 6.07 Å². The fraction of sp³-hybridized carbons (Fsp3) is 0.467. The molecule has 2 rings (SSSR count). The first-order valence-electron chi connectivity index (χ1n) is 6.52. The van der Waals surface area contributed by atoms with E-state index in [0.717, 1.165) is 23.4 Å². The Morgan fingerprint density at radius 2 is 2.20 bits per heavy atom. The third kappa shape index (κ3) is 2.94. The summed E-state index contributed by atoms with van der Waals surface area (Å²) in [5.41, 5.74) is 2.43. The van der Waals surface area contributed by atoms with E-state index < -0.39 is 0 Å². The first kappa shape index (κ1) is 15.2. The molecule has 0 aliphatic heterocycles. The molecule has 0 unspecified atom stereocenters. The quantitative estimate of drug-likeness (QED) is 0.788. The molecule has 1 aromatic carbocycles. The number of imidazole rings is 1. The highest BCUT2D eigenvalue weighted by atomic mass is 35.5. The molecular formula is C15H18ClN3S. The number of aromatic nitrogens is 2. The summed E-state index contributed by atoms with van der Waals surface area (Å²) in [6.07, 6.45) is 2.83. The van der Waals surface area contributed by atoms with Crippen LogP contribution in [0.1, 0.15) is 25.2 Å². The normalized spacial score (nSPS) is 11.8. The van der Waals surface area contributed by atoms with Crippen molar-refractivity contribution in [2.45, 2.75) is 31.6 Å². The molecule has 0 N–H and O–H groups in total. The smallest absolute Gasteiger partial charge is 0.111 e. The van der Waals surface area contributed by atoms with Crippen molar-refractivity contribution in [3.63, 3.8) is 0 Å². The van der Waals surface area contributed by atoms with Crippen LogP contribution in [0.3, 0.4) is 0 Å². The highest BCUT2D eigenvalue weighted by Crippen LogP contribution is 2.28. The summed E-state index contributed by atoms with van der Waals surface area (Å²) in [6.45, 7) is 5.27. The lowest BCUT2D eigenvalue weighted by atomic mass is 10.2. The number of hydrogen-bond acceptors (Lipinski definition) is 3. The Morgan fingerprint density at radius 1 is 1.45 bits per heavy atom. The molecule has 0 aliphatic carbocycles. The Kier molecular flexibility index (Phi) is 4.62. The Balaban J connectivity index is 2.61. The van der Waals surface area contributed by atoms with Crippen molar-refractivity contribution >= 4 is 34.4 Å². The van der Waals surface area contributed by atoms with Crippen LogP contribution < -0.4 is 0 Å². The molecule has 0 atom stereocenters. The Bertz CT molecular complexity index is 655. The van der Waals surface area contributed by atoms with Gasteiger partial charge in [-0.05, 0) is 32.2 Å². The van der Waals surface area contributed by atoms with E-state index in [1.807, 2.05) is 30.0 Å². The molecule has 2 aromatic rings. The van der Waals surface area contributed by atoms with E-state index in [9.17, 15) is 5.26 Å². The number of benzene rings is 1. The lowest BCUT2D eigenvalue weighted by molar-refractivity contribution is 0.561. The van der Waals surface area contributed by atoms with Crippen molar-refractivity contribution in [1.82, 2.24) is 9.55 Å². The van der Waals surface area contributed by atoms with Crippen LogP contribution in [0.25, 0.3) is 11.0 Å². The van der Waals surface area contributed by atoms with Gasteiger partial charge in [-0.15, -0.1) is 11.6 Å². The van der Waals surface area contributed by atoms with Gasteiger partial charge in [-0.2, -0.15) is 17.0 Å². The Hall–Kier alpha value is -1.18. The summed E-state index contributed by atoms with van der Waals surface area (Å²) in [4.78, 5) is 4.64. The number of fused-ring (bicyclic) bond motifs is 1. The number of hydrogen-bond donors (Lipinski definition) is 0. The molecule has 0 amide bonds. The molecule has 0 fully saturated rings. The second kappa shape index (κ2) is 6.07. The van der Waals surface area contributed by atoms with Crippen molar-refractivity contribution in [3.05, 3.63) is 29.6 Å². The predicted octanol–water partition coefficient (Wildman–Crippen LogP) is 3.83. The summed E-state index contributed by atoms with van der Waals surface area (Å²) in [5, 5.41) is 9.21. The topological polar surface area (TPSA) is 41.6 Å². The van der Waals surface area contributed by atoms with Crippen molar-refractivity contribution in [2.24, 2.45) is 0 Å². The zero-order valence-electron chi connectivity index (χ0n) is 12.0. The number of rotatable bonds is 5. The van der Waals surface area contributed by atoms with Crippen molar-refractivity contribution in [1.29, 1.82) is 5.26 Å². The van der Waals surface area contributed by atoms with Crippen LogP contribution in [-0.4, -0.2) is 26.4 Å². The van der Waals surface area contributed by atoms with Gasteiger partial charge >= 0.3 is 0 Å². The maximum atomic E-state index is 9.21. The molecule has 0 radical (unpaired) electrons. The summed E-state index contributed by atoms with van der Waals surface area (Å²) < 4.78 is 2.31.